The molecule has 7 nitrogen and oxygen atoms in total. The predicted octanol–water partition coefficient (Wildman–Crippen LogP) is 1.97. The molecule has 26 heavy (non-hydrogen) atoms. The van der Waals surface area contributed by atoms with Gasteiger partial charge in [0.15, 0.2) is 5.82 Å². The number of amides is 1. The molecule has 1 amide bonds. The first kappa shape index (κ1) is 17.0. The fourth-order valence-electron chi connectivity index (χ4n) is 3.80. The Labute approximate surface area is 154 Å². The first-order valence-electron chi connectivity index (χ1n) is 9.40. The third kappa shape index (κ3) is 3.18. The lowest BCUT2D eigenvalue weighted by Crippen LogP contribution is -2.56. The molecule has 0 N–H and O–H groups in total. The van der Waals surface area contributed by atoms with Gasteiger partial charge in [-0.25, -0.2) is 14.6 Å². The number of carbonyl (C=O) groups excluding carboxylic acids is 1. The molecule has 2 aromatic rings. The summed E-state index contributed by atoms with van der Waals surface area (Å²) in [6.07, 6.45) is 3.82. The molecule has 0 bridgehead atoms. The molecule has 0 radical (unpaired) electrons. The molecule has 0 aliphatic carbocycles. The zero-order valence-electron chi connectivity index (χ0n) is 15.7. The number of aryl methyl sites for hydroxylation is 2. The Hall–Kier alpha value is -2.44. The van der Waals surface area contributed by atoms with E-state index in [0.29, 0.717) is 5.91 Å². The van der Waals surface area contributed by atoms with E-state index in [1.54, 1.807) is 6.33 Å². The summed E-state index contributed by atoms with van der Waals surface area (Å²) < 4.78 is 1.83. The highest BCUT2D eigenvalue weighted by atomic mass is 16.2. The van der Waals surface area contributed by atoms with E-state index in [1.165, 1.54) is 0 Å². The summed E-state index contributed by atoms with van der Waals surface area (Å²) in [5, 5.41) is 4.48. The summed E-state index contributed by atoms with van der Waals surface area (Å²) in [5.74, 6) is 2.77. The van der Waals surface area contributed by atoms with Crippen molar-refractivity contribution in [1.29, 1.82) is 0 Å². The Morgan fingerprint density at radius 3 is 2.42 bits per heavy atom. The molecule has 0 atom stereocenters. The maximum Gasteiger partial charge on any atom is 0.229 e. The molecular formula is C19H26N6O. The lowest BCUT2D eigenvalue weighted by molar-refractivity contribution is -0.137. The van der Waals surface area contributed by atoms with Gasteiger partial charge in [0.25, 0.3) is 0 Å². The molecule has 2 saturated heterocycles. The van der Waals surface area contributed by atoms with Crippen molar-refractivity contribution in [2.45, 2.75) is 33.6 Å². The third-order valence-electron chi connectivity index (χ3n) is 5.51. The highest BCUT2D eigenvalue weighted by Gasteiger charge is 2.37. The molecule has 2 fully saturated rings. The quantitative estimate of drug-likeness (QED) is 0.843. The van der Waals surface area contributed by atoms with Crippen molar-refractivity contribution in [2.24, 2.45) is 11.8 Å². The van der Waals surface area contributed by atoms with Gasteiger partial charge >= 0.3 is 0 Å². The van der Waals surface area contributed by atoms with Crippen LogP contribution in [0.5, 0.6) is 0 Å². The molecule has 2 aliphatic heterocycles. The highest BCUT2D eigenvalue weighted by molar-refractivity contribution is 5.82. The number of rotatable bonds is 3. The second kappa shape index (κ2) is 6.70. The summed E-state index contributed by atoms with van der Waals surface area (Å²) in [7, 11) is 0. The Balaban J connectivity index is 1.41. The van der Waals surface area contributed by atoms with Gasteiger partial charge in [-0.3, -0.25) is 4.79 Å². The largest absolute Gasteiger partial charge is 0.355 e. The smallest absolute Gasteiger partial charge is 0.229 e. The van der Waals surface area contributed by atoms with Crippen molar-refractivity contribution >= 4 is 11.7 Å². The van der Waals surface area contributed by atoms with Gasteiger partial charge in [-0.05, 0) is 38.7 Å². The number of aromatic nitrogens is 4. The SMILES string of the molecule is Cc1cc(C)n(-c2cc(N3CC(C(=O)N4CCC(C)CC4)C3)ncn2)n1. The van der Waals surface area contributed by atoms with E-state index in [0.717, 1.165) is 68.0 Å². The van der Waals surface area contributed by atoms with Crippen LogP contribution < -0.4 is 4.90 Å². The van der Waals surface area contributed by atoms with E-state index in [1.807, 2.05) is 35.6 Å². The monoisotopic (exact) mass is 354 g/mol. The Kier molecular flexibility index (Phi) is 4.38. The zero-order chi connectivity index (χ0) is 18.3. The fourth-order valence-corrected chi connectivity index (χ4v) is 3.80. The molecule has 4 rings (SSSR count). The lowest BCUT2D eigenvalue weighted by Gasteiger charge is -2.42. The normalized spacial score (nSPS) is 18.9. The number of hydrogen-bond donors (Lipinski definition) is 0. The highest BCUT2D eigenvalue weighted by Crippen LogP contribution is 2.27. The van der Waals surface area contributed by atoms with Crippen LogP contribution in [-0.2, 0) is 4.79 Å². The van der Waals surface area contributed by atoms with Crippen molar-refractivity contribution in [1.82, 2.24) is 24.6 Å². The van der Waals surface area contributed by atoms with E-state index >= 15 is 0 Å². The van der Waals surface area contributed by atoms with Gasteiger partial charge in [-0.2, -0.15) is 5.10 Å². The molecular weight excluding hydrogens is 328 g/mol. The topological polar surface area (TPSA) is 67.2 Å². The summed E-state index contributed by atoms with van der Waals surface area (Å²) in [5.41, 5.74) is 2.01. The minimum atomic E-state index is 0.0931. The minimum absolute atomic E-state index is 0.0931. The van der Waals surface area contributed by atoms with Crippen LogP contribution in [0.1, 0.15) is 31.2 Å². The van der Waals surface area contributed by atoms with E-state index in [-0.39, 0.29) is 5.92 Å². The average molecular weight is 354 g/mol. The number of nitrogens with zero attached hydrogens (tertiary/aromatic N) is 6. The lowest BCUT2D eigenvalue weighted by atomic mass is 9.94. The van der Waals surface area contributed by atoms with Gasteiger partial charge in [0, 0.05) is 37.9 Å². The molecule has 2 aromatic heterocycles. The van der Waals surface area contributed by atoms with Crippen LogP contribution in [0.15, 0.2) is 18.5 Å². The summed E-state index contributed by atoms with van der Waals surface area (Å²) in [6.45, 7) is 9.54. The second-order valence-electron chi connectivity index (χ2n) is 7.68. The van der Waals surface area contributed by atoms with Crippen LogP contribution >= 0.6 is 0 Å². The number of anilines is 1. The molecule has 4 heterocycles. The predicted molar refractivity (Wildman–Crippen MR) is 99.3 cm³/mol. The first-order chi connectivity index (χ1) is 12.5. The van der Waals surface area contributed by atoms with Gasteiger partial charge in [0.1, 0.15) is 12.1 Å². The van der Waals surface area contributed by atoms with Crippen molar-refractivity contribution < 1.29 is 4.79 Å². The van der Waals surface area contributed by atoms with Crippen molar-refractivity contribution in [2.75, 3.05) is 31.1 Å². The Bertz CT molecular complexity index is 802. The van der Waals surface area contributed by atoms with E-state index < -0.39 is 0 Å². The van der Waals surface area contributed by atoms with Crippen LogP contribution in [0.2, 0.25) is 0 Å². The second-order valence-corrected chi connectivity index (χ2v) is 7.68. The van der Waals surface area contributed by atoms with Crippen molar-refractivity contribution in [3.8, 4) is 5.82 Å². The summed E-state index contributed by atoms with van der Waals surface area (Å²) in [4.78, 5) is 25.6. The first-order valence-corrected chi connectivity index (χ1v) is 9.40. The molecule has 7 heteroatoms. The van der Waals surface area contributed by atoms with Gasteiger partial charge in [0.2, 0.25) is 5.91 Å². The Morgan fingerprint density at radius 1 is 1.08 bits per heavy atom. The molecule has 138 valence electrons. The van der Waals surface area contributed by atoms with E-state index in [2.05, 4.69) is 26.9 Å². The van der Waals surface area contributed by atoms with Crippen molar-refractivity contribution in [3.05, 3.63) is 29.8 Å². The van der Waals surface area contributed by atoms with Crippen LogP contribution in [0.3, 0.4) is 0 Å². The number of likely N-dealkylation sites (tertiary alicyclic amines) is 1. The third-order valence-corrected chi connectivity index (χ3v) is 5.51. The molecule has 0 spiro atoms. The number of piperidine rings is 1. The summed E-state index contributed by atoms with van der Waals surface area (Å²) in [6, 6.07) is 3.97. The van der Waals surface area contributed by atoms with Crippen LogP contribution in [0.4, 0.5) is 5.82 Å². The van der Waals surface area contributed by atoms with Gasteiger partial charge in [0.05, 0.1) is 11.6 Å². The maximum absolute atomic E-state index is 12.7. The van der Waals surface area contributed by atoms with Crippen LogP contribution in [0, 0.1) is 25.7 Å². The van der Waals surface area contributed by atoms with Crippen LogP contribution in [-0.4, -0.2) is 56.7 Å². The summed E-state index contributed by atoms with van der Waals surface area (Å²) >= 11 is 0. The Morgan fingerprint density at radius 2 is 1.77 bits per heavy atom. The maximum atomic E-state index is 12.7. The fraction of sp³-hybridized carbons (Fsp3) is 0.579. The molecule has 0 aromatic carbocycles. The standard InChI is InChI=1S/C19H26N6O/c1-13-4-6-23(7-5-13)19(26)16-10-24(11-16)17-9-18(21-12-20-17)25-15(3)8-14(2)22-25/h8-9,12-13,16H,4-7,10-11H2,1-3H3. The minimum Gasteiger partial charge on any atom is -0.355 e. The number of carbonyl (C=O) groups is 1. The van der Waals surface area contributed by atoms with Gasteiger partial charge in [-0.15, -0.1) is 0 Å². The van der Waals surface area contributed by atoms with E-state index in [4.69, 9.17) is 0 Å². The van der Waals surface area contributed by atoms with Gasteiger partial charge in [-0.1, -0.05) is 6.92 Å². The van der Waals surface area contributed by atoms with E-state index in [9.17, 15) is 4.79 Å². The van der Waals surface area contributed by atoms with Crippen molar-refractivity contribution in [3.63, 3.8) is 0 Å². The zero-order valence-corrected chi connectivity index (χ0v) is 15.7. The van der Waals surface area contributed by atoms with Crippen LogP contribution in [0.25, 0.3) is 5.82 Å². The van der Waals surface area contributed by atoms with Gasteiger partial charge < -0.3 is 9.80 Å². The molecule has 0 unspecified atom stereocenters. The average Bonchev–Trinajstić information content (AvgIpc) is 2.93. The molecule has 2 aliphatic rings. The number of hydrogen-bond acceptors (Lipinski definition) is 5. The molecule has 0 saturated carbocycles.